The summed E-state index contributed by atoms with van der Waals surface area (Å²) in [6, 6.07) is 0. The molecule has 0 unspecified atom stereocenters. The molecule has 0 aromatic carbocycles. The molecule has 1 nitrogen and oxygen atoms in total. The summed E-state index contributed by atoms with van der Waals surface area (Å²) in [5.74, 6) is 6.05. The van der Waals surface area contributed by atoms with Crippen molar-refractivity contribution >= 4 is 0 Å². The van der Waals surface area contributed by atoms with E-state index in [0.717, 1.165) is 54.3 Å². The highest BCUT2D eigenvalue weighted by Gasteiger charge is 2.60. The van der Waals surface area contributed by atoms with Crippen molar-refractivity contribution in [2.24, 2.45) is 52.3 Å². The zero-order chi connectivity index (χ0) is 20.1. The van der Waals surface area contributed by atoms with Gasteiger partial charge in [-0.2, -0.15) is 0 Å². The summed E-state index contributed by atoms with van der Waals surface area (Å²) in [5, 5.41) is 10.2. The van der Waals surface area contributed by atoms with Gasteiger partial charge in [-0.25, -0.2) is 0 Å². The van der Waals surface area contributed by atoms with E-state index in [1.165, 1.54) is 51.4 Å². The molecule has 0 saturated heterocycles. The van der Waals surface area contributed by atoms with Gasteiger partial charge in [-0.3, -0.25) is 0 Å². The molecule has 1 heteroatoms. The van der Waals surface area contributed by atoms with Crippen LogP contribution in [0.15, 0.2) is 12.2 Å². The lowest BCUT2D eigenvalue weighted by Gasteiger charge is -2.61. The minimum absolute atomic E-state index is 0.0159. The minimum Gasteiger partial charge on any atom is -0.393 e. The maximum absolute atomic E-state index is 10.2. The number of fused-ring (bicyclic) bond motifs is 5. The van der Waals surface area contributed by atoms with Crippen molar-refractivity contribution in [2.75, 3.05) is 0 Å². The van der Waals surface area contributed by atoms with E-state index in [-0.39, 0.29) is 6.10 Å². The molecule has 4 aliphatic rings. The van der Waals surface area contributed by atoms with E-state index in [4.69, 9.17) is 0 Å². The van der Waals surface area contributed by atoms with Crippen LogP contribution in [0.3, 0.4) is 0 Å². The van der Waals surface area contributed by atoms with Crippen LogP contribution in [-0.2, 0) is 0 Å². The lowest BCUT2D eigenvalue weighted by atomic mass is 9.44. The minimum atomic E-state index is -0.0159. The van der Waals surface area contributed by atoms with Crippen LogP contribution in [0.1, 0.15) is 98.8 Å². The first-order valence-corrected chi connectivity index (χ1v) is 12.6. The molecule has 0 aromatic rings. The molecule has 4 saturated carbocycles. The fourth-order valence-corrected chi connectivity index (χ4v) is 8.84. The van der Waals surface area contributed by atoms with Crippen molar-refractivity contribution in [1.82, 2.24) is 0 Å². The first-order chi connectivity index (χ1) is 13.3. The van der Waals surface area contributed by atoms with E-state index >= 15 is 0 Å². The molecule has 4 rings (SSSR count). The van der Waals surface area contributed by atoms with Crippen LogP contribution in [0.2, 0.25) is 0 Å². The van der Waals surface area contributed by atoms with E-state index in [9.17, 15) is 5.11 Å². The molecule has 0 aromatic heterocycles. The van der Waals surface area contributed by atoms with Gasteiger partial charge in [-0.15, -0.1) is 0 Å². The van der Waals surface area contributed by atoms with E-state index in [1.54, 1.807) is 0 Å². The predicted octanol–water partition coefficient (Wildman–Crippen LogP) is 7.24. The van der Waals surface area contributed by atoms with Gasteiger partial charge >= 0.3 is 0 Å². The predicted molar refractivity (Wildman–Crippen MR) is 119 cm³/mol. The summed E-state index contributed by atoms with van der Waals surface area (Å²) in [4.78, 5) is 0. The van der Waals surface area contributed by atoms with Crippen LogP contribution < -0.4 is 0 Å². The third-order valence-electron chi connectivity index (χ3n) is 10.4. The zero-order valence-corrected chi connectivity index (χ0v) is 19.3. The lowest BCUT2D eigenvalue weighted by molar-refractivity contribution is -0.128. The van der Waals surface area contributed by atoms with Crippen molar-refractivity contribution in [3.63, 3.8) is 0 Å². The Morgan fingerprint density at radius 3 is 2.36 bits per heavy atom. The number of allylic oxidation sites excluding steroid dienone is 2. The molecule has 0 spiro atoms. The average molecular weight is 387 g/mol. The Labute approximate surface area is 174 Å². The highest BCUT2D eigenvalue weighted by Crippen LogP contribution is 2.68. The van der Waals surface area contributed by atoms with Crippen molar-refractivity contribution in [3.8, 4) is 0 Å². The number of aliphatic hydroxyl groups excluding tert-OH is 1. The first kappa shape index (κ1) is 21.0. The molecule has 0 heterocycles. The number of aliphatic hydroxyl groups is 1. The van der Waals surface area contributed by atoms with Crippen molar-refractivity contribution < 1.29 is 5.11 Å². The maximum atomic E-state index is 10.2. The van der Waals surface area contributed by atoms with Gasteiger partial charge in [0.25, 0.3) is 0 Å². The van der Waals surface area contributed by atoms with Crippen molar-refractivity contribution in [1.29, 1.82) is 0 Å². The first-order valence-electron chi connectivity index (χ1n) is 12.6. The normalized spacial score (nSPS) is 49.7. The molecular formula is C27H46O. The molecule has 0 radical (unpaired) electrons. The number of hydrogen-bond acceptors (Lipinski definition) is 1. The Morgan fingerprint density at radius 1 is 0.893 bits per heavy atom. The van der Waals surface area contributed by atoms with Gasteiger partial charge in [0.1, 0.15) is 0 Å². The fraction of sp³-hybridized carbons (Fsp3) is 0.926. The van der Waals surface area contributed by atoms with E-state index in [1.807, 2.05) is 0 Å². The van der Waals surface area contributed by atoms with Gasteiger partial charge in [0, 0.05) is 0 Å². The zero-order valence-electron chi connectivity index (χ0n) is 19.3. The largest absolute Gasteiger partial charge is 0.393 e. The fourth-order valence-electron chi connectivity index (χ4n) is 8.84. The lowest BCUT2D eigenvalue weighted by Crippen LogP contribution is -2.54. The van der Waals surface area contributed by atoms with Crippen LogP contribution in [0.25, 0.3) is 0 Å². The highest BCUT2D eigenvalue weighted by molar-refractivity contribution is 5.11. The van der Waals surface area contributed by atoms with E-state index < -0.39 is 0 Å². The molecule has 0 bridgehead atoms. The molecule has 0 amide bonds. The topological polar surface area (TPSA) is 20.2 Å². The van der Waals surface area contributed by atoms with Gasteiger partial charge in [-0.05, 0) is 116 Å². The quantitative estimate of drug-likeness (QED) is 0.505. The Bertz CT molecular complexity index is 579. The van der Waals surface area contributed by atoms with Crippen LogP contribution in [0.5, 0.6) is 0 Å². The van der Waals surface area contributed by atoms with Gasteiger partial charge in [0.05, 0.1) is 6.10 Å². The summed E-state index contributed by atoms with van der Waals surface area (Å²) < 4.78 is 0. The molecule has 9 atom stereocenters. The van der Waals surface area contributed by atoms with E-state index in [2.05, 4.69) is 46.8 Å². The maximum Gasteiger partial charge on any atom is 0.0543 e. The molecular weight excluding hydrogens is 340 g/mol. The molecule has 28 heavy (non-hydrogen) atoms. The monoisotopic (exact) mass is 386 g/mol. The summed E-state index contributed by atoms with van der Waals surface area (Å²) >= 11 is 0. The van der Waals surface area contributed by atoms with Crippen LogP contribution in [-0.4, -0.2) is 11.2 Å². The Kier molecular flexibility index (Phi) is 5.80. The summed E-state index contributed by atoms with van der Waals surface area (Å²) in [6.07, 6.45) is 18.3. The third-order valence-corrected chi connectivity index (χ3v) is 10.4. The average Bonchev–Trinajstić information content (AvgIpc) is 2.99. The van der Waals surface area contributed by atoms with E-state index in [0.29, 0.717) is 10.8 Å². The molecule has 1 N–H and O–H groups in total. The molecule has 4 fully saturated rings. The van der Waals surface area contributed by atoms with Crippen LogP contribution in [0, 0.1) is 52.3 Å². The van der Waals surface area contributed by atoms with Gasteiger partial charge in [0.15, 0.2) is 0 Å². The van der Waals surface area contributed by atoms with Gasteiger partial charge < -0.3 is 5.11 Å². The number of hydrogen-bond donors (Lipinski definition) is 1. The Balaban J connectivity index is 1.50. The van der Waals surface area contributed by atoms with Crippen molar-refractivity contribution in [3.05, 3.63) is 12.2 Å². The van der Waals surface area contributed by atoms with Gasteiger partial charge in [0.2, 0.25) is 0 Å². The standard InChI is InChI=1S/C27H46O/c1-18(2)7-6-8-19(3)23-11-12-24-22-10-9-20-17-21(28)13-15-26(20,4)25(22)14-16-27(23,24)5/h6,8,18-25,28H,7,9-17H2,1-5H3/b8-6-/t19-,20+,21+,22+,23-,24+,25-,26+,27-/m1/s1. The second-order valence-corrected chi connectivity index (χ2v) is 12.2. The van der Waals surface area contributed by atoms with Gasteiger partial charge in [-0.1, -0.05) is 46.8 Å². The smallest absolute Gasteiger partial charge is 0.0543 e. The molecule has 160 valence electrons. The highest BCUT2D eigenvalue weighted by atomic mass is 16.3. The second kappa shape index (κ2) is 7.75. The molecule has 4 aliphatic carbocycles. The SMILES string of the molecule is CC(C)C/C=C\[C@@H](C)[C@H]1CC[C@H]2[C@@H]3CC[C@H]4C[C@@H](O)CC[C@]4(C)[C@@H]3CC[C@]12C. The summed E-state index contributed by atoms with van der Waals surface area (Å²) in [6.45, 7) is 12.4. The van der Waals surface area contributed by atoms with Crippen molar-refractivity contribution in [2.45, 2.75) is 105 Å². The summed E-state index contributed by atoms with van der Waals surface area (Å²) in [5.41, 5.74) is 1.09. The molecule has 0 aliphatic heterocycles. The third kappa shape index (κ3) is 3.42. The Hall–Kier alpha value is -0.300. The number of rotatable bonds is 4. The summed E-state index contributed by atoms with van der Waals surface area (Å²) in [7, 11) is 0. The van der Waals surface area contributed by atoms with Crippen LogP contribution >= 0.6 is 0 Å². The second-order valence-electron chi connectivity index (χ2n) is 12.2. The Morgan fingerprint density at radius 2 is 1.61 bits per heavy atom. The van der Waals surface area contributed by atoms with Crippen LogP contribution in [0.4, 0.5) is 0 Å².